The number of rotatable bonds is 3. The van der Waals surface area contributed by atoms with Gasteiger partial charge >= 0.3 is 0 Å². The topological polar surface area (TPSA) is 0 Å². The molecule has 0 N–H and O–H groups in total. The van der Waals surface area contributed by atoms with Gasteiger partial charge < -0.3 is 0 Å². The van der Waals surface area contributed by atoms with Gasteiger partial charge in [0.1, 0.15) is 0 Å². The summed E-state index contributed by atoms with van der Waals surface area (Å²) < 4.78 is 0. The van der Waals surface area contributed by atoms with Crippen molar-refractivity contribution in [3.8, 4) is 0 Å². The monoisotopic (exact) mass is 279 g/mol. The van der Waals surface area contributed by atoms with Crippen molar-refractivity contribution in [3.05, 3.63) is 41.5 Å². The largest absolute Gasteiger partial charge is 0.152 e. The highest BCUT2D eigenvalue weighted by Crippen LogP contribution is 2.33. The molecule has 1 aromatic rings. The fourth-order valence-corrected chi connectivity index (χ4v) is 3.86. The molecule has 1 aliphatic carbocycles. The van der Waals surface area contributed by atoms with E-state index in [1.807, 2.05) is 0 Å². The maximum atomic E-state index is 2.49. The van der Waals surface area contributed by atoms with E-state index in [0.29, 0.717) is 11.3 Å². The zero-order valence-electron chi connectivity index (χ0n) is 13.9. The molecule has 2 aliphatic rings. The van der Waals surface area contributed by atoms with E-state index < -0.39 is 0 Å². The number of hydrogen-bond donors (Lipinski definition) is 0. The smallest absolute Gasteiger partial charge is 0.0848 e. The maximum absolute atomic E-state index is 2.49. The molecule has 0 spiro atoms. The summed E-state index contributed by atoms with van der Waals surface area (Å²) in [5.41, 5.74) is 4.78. The Morgan fingerprint density at radius 2 is 1.95 bits per heavy atom. The number of benzene rings is 1. The van der Waals surface area contributed by atoms with Gasteiger partial charge in [-0.2, -0.15) is 0 Å². The van der Waals surface area contributed by atoms with Crippen LogP contribution in [0.25, 0.3) is 0 Å². The predicted molar refractivity (Wildman–Crippen MR) is 93.8 cm³/mol. The van der Waals surface area contributed by atoms with Crippen molar-refractivity contribution in [2.45, 2.75) is 70.5 Å². The SMILES string of the molecule is CC(/C=C/C1CCCCC1)c1ccc2c(c1)C(C)(C)C[B]2. The fourth-order valence-electron chi connectivity index (χ4n) is 3.86. The van der Waals surface area contributed by atoms with Crippen LogP contribution in [-0.4, -0.2) is 7.28 Å². The Hall–Kier alpha value is -0.975. The first-order chi connectivity index (χ1) is 10.1. The molecule has 1 heterocycles. The van der Waals surface area contributed by atoms with Crippen molar-refractivity contribution < 1.29 is 0 Å². The minimum Gasteiger partial charge on any atom is -0.0848 e. The third-order valence-corrected chi connectivity index (χ3v) is 5.49. The second-order valence-electron chi connectivity index (χ2n) is 7.71. The first kappa shape index (κ1) is 14.9. The summed E-state index contributed by atoms with van der Waals surface area (Å²) >= 11 is 0. The minimum atomic E-state index is 0.318. The standard InChI is InChI=1S/C20H28B/c1-15(9-10-16-7-5-4-6-8-16)17-11-12-19-18(13-17)20(2,3)14-21-19/h9-13,15-16H,4-8,14H2,1-3H3/b10-9+. The van der Waals surface area contributed by atoms with Gasteiger partial charge in [-0.1, -0.05) is 82.2 Å². The molecule has 1 saturated carbocycles. The Balaban J connectivity index is 1.73. The average Bonchev–Trinajstić information content (AvgIpc) is 2.81. The van der Waals surface area contributed by atoms with Crippen LogP contribution in [0.1, 0.15) is 69.9 Å². The first-order valence-corrected chi connectivity index (χ1v) is 8.72. The molecule has 1 fully saturated rings. The zero-order valence-corrected chi connectivity index (χ0v) is 13.9. The van der Waals surface area contributed by atoms with E-state index in [9.17, 15) is 0 Å². The molecule has 0 nitrogen and oxygen atoms in total. The van der Waals surface area contributed by atoms with Gasteiger partial charge in [-0.05, 0) is 41.2 Å². The first-order valence-electron chi connectivity index (χ1n) is 8.72. The van der Waals surface area contributed by atoms with E-state index in [4.69, 9.17) is 0 Å². The van der Waals surface area contributed by atoms with Crippen molar-refractivity contribution in [1.82, 2.24) is 0 Å². The van der Waals surface area contributed by atoms with Crippen LogP contribution in [0, 0.1) is 5.92 Å². The molecule has 0 bridgehead atoms. The quantitative estimate of drug-likeness (QED) is 0.541. The second kappa shape index (κ2) is 6.03. The van der Waals surface area contributed by atoms with Crippen molar-refractivity contribution in [2.24, 2.45) is 5.92 Å². The Bertz CT molecular complexity index is 521. The molecule has 1 aliphatic heterocycles. The highest BCUT2D eigenvalue weighted by atomic mass is 14.3. The highest BCUT2D eigenvalue weighted by Gasteiger charge is 2.30. The van der Waals surface area contributed by atoms with Crippen molar-refractivity contribution >= 4 is 12.7 Å². The number of fused-ring (bicyclic) bond motifs is 1. The molecule has 1 aromatic carbocycles. The number of hydrogen-bond acceptors (Lipinski definition) is 0. The summed E-state index contributed by atoms with van der Waals surface area (Å²) in [5.74, 6) is 1.37. The van der Waals surface area contributed by atoms with Gasteiger partial charge in [0.2, 0.25) is 0 Å². The van der Waals surface area contributed by atoms with Crippen molar-refractivity contribution in [2.75, 3.05) is 0 Å². The van der Waals surface area contributed by atoms with Gasteiger partial charge in [-0.3, -0.25) is 0 Å². The van der Waals surface area contributed by atoms with Gasteiger partial charge in [0.05, 0.1) is 0 Å². The molecule has 1 heteroatoms. The average molecular weight is 279 g/mol. The van der Waals surface area contributed by atoms with E-state index in [-0.39, 0.29) is 0 Å². The van der Waals surface area contributed by atoms with Crippen LogP contribution in [0.15, 0.2) is 30.4 Å². The van der Waals surface area contributed by atoms with Crippen LogP contribution in [0.4, 0.5) is 0 Å². The molecular formula is C20H28B. The van der Waals surface area contributed by atoms with Crippen LogP contribution in [0.2, 0.25) is 6.32 Å². The Labute approximate surface area is 131 Å². The van der Waals surface area contributed by atoms with E-state index in [1.165, 1.54) is 55.0 Å². The molecule has 0 aromatic heterocycles. The second-order valence-corrected chi connectivity index (χ2v) is 7.71. The molecule has 1 radical (unpaired) electrons. The molecule has 3 rings (SSSR count). The lowest BCUT2D eigenvalue weighted by molar-refractivity contribution is 0.418. The minimum absolute atomic E-state index is 0.318. The molecular weight excluding hydrogens is 251 g/mol. The highest BCUT2D eigenvalue weighted by molar-refractivity contribution is 6.56. The van der Waals surface area contributed by atoms with E-state index in [0.717, 1.165) is 5.92 Å². The lowest BCUT2D eigenvalue weighted by atomic mass is 9.69. The van der Waals surface area contributed by atoms with Gasteiger partial charge in [0.25, 0.3) is 0 Å². The van der Waals surface area contributed by atoms with Crippen LogP contribution >= 0.6 is 0 Å². The van der Waals surface area contributed by atoms with Gasteiger partial charge in [0, 0.05) is 0 Å². The Morgan fingerprint density at radius 1 is 1.19 bits per heavy atom. The molecule has 0 saturated heterocycles. The van der Waals surface area contributed by atoms with Gasteiger partial charge in [-0.15, -0.1) is 0 Å². The predicted octanol–water partition coefficient (Wildman–Crippen LogP) is 4.97. The zero-order chi connectivity index (χ0) is 14.9. The molecule has 0 amide bonds. The lowest BCUT2D eigenvalue weighted by Crippen LogP contribution is -2.16. The van der Waals surface area contributed by atoms with Crippen LogP contribution < -0.4 is 5.46 Å². The van der Waals surface area contributed by atoms with E-state index in [2.05, 4.69) is 58.4 Å². The summed E-state index contributed by atoms with van der Waals surface area (Å²) in [6, 6.07) is 7.10. The Morgan fingerprint density at radius 3 is 2.71 bits per heavy atom. The van der Waals surface area contributed by atoms with Crippen LogP contribution in [-0.2, 0) is 5.41 Å². The van der Waals surface area contributed by atoms with Crippen molar-refractivity contribution in [1.29, 1.82) is 0 Å². The lowest BCUT2D eigenvalue weighted by Gasteiger charge is -2.22. The molecule has 1 unspecified atom stereocenters. The Kier molecular flexibility index (Phi) is 4.29. The van der Waals surface area contributed by atoms with Crippen LogP contribution in [0.3, 0.4) is 0 Å². The third-order valence-electron chi connectivity index (χ3n) is 5.49. The van der Waals surface area contributed by atoms with Gasteiger partial charge in [-0.25, -0.2) is 0 Å². The van der Waals surface area contributed by atoms with Gasteiger partial charge in [0.15, 0.2) is 7.28 Å². The maximum Gasteiger partial charge on any atom is 0.152 e. The van der Waals surface area contributed by atoms with E-state index >= 15 is 0 Å². The van der Waals surface area contributed by atoms with E-state index in [1.54, 1.807) is 0 Å². The molecule has 1 atom stereocenters. The molecule has 111 valence electrons. The van der Waals surface area contributed by atoms with Crippen molar-refractivity contribution in [3.63, 3.8) is 0 Å². The summed E-state index contributed by atoms with van der Waals surface area (Å²) in [6.07, 6.45) is 13.2. The summed E-state index contributed by atoms with van der Waals surface area (Å²) in [4.78, 5) is 0. The summed E-state index contributed by atoms with van der Waals surface area (Å²) in [6.45, 7) is 7.07. The molecule has 21 heavy (non-hydrogen) atoms. The number of allylic oxidation sites excluding steroid dienone is 2. The normalized spacial score (nSPS) is 23.0. The third kappa shape index (κ3) is 3.28. The fraction of sp³-hybridized carbons (Fsp3) is 0.600. The summed E-state index contributed by atoms with van der Waals surface area (Å²) in [7, 11) is 2.39. The summed E-state index contributed by atoms with van der Waals surface area (Å²) in [5, 5.41) is 0. The van der Waals surface area contributed by atoms with Crippen LogP contribution in [0.5, 0.6) is 0 Å².